The number of carbonyl (C=O) groups excluding carboxylic acids is 1. The first-order chi connectivity index (χ1) is 6.89. The zero-order valence-electron chi connectivity index (χ0n) is 10.5. The standard InChI is InChI=1S/C12H25NO2/c1-5-10(7-9-14)13-11(15)6-8-12(2,3)4/h10,14H,5-9H2,1-4H3,(H,13,15). The Hall–Kier alpha value is -0.570. The van der Waals surface area contributed by atoms with E-state index in [1.54, 1.807) is 0 Å². The maximum absolute atomic E-state index is 11.5. The average molecular weight is 215 g/mol. The molecule has 15 heavy (non-hydrogen) atoms. The number of hydrogen-bond donors (Lipinski definition) is 2. The van der Waals surface area contributed by atoms with Gasteiger partial charge < -0.3 is 10.4 Å². The number of hydrogen-bond acceptors (Lipinski definition) is 2. The number of amides is 1. The molecule has 0 saturated carbocycles. The van der Waals surface area contributed by atoms with Crippen LogP contribution >= 0.6 is 0 Å². The molecule has 0 aromatic carbocycles. The van der Waals surface area contributed by atoms with Crippen LogP contribution in [-0.4, -0.2) is 23.7 Å². The summed E-state index contributed by atoms with van der Waals surface area (Å²) in [5.74, 6) is 0.102. The third-order valence-corrected chi connectivity index (χ3v) is 2.44. The Bertz CT molecular complexity index is 185. The van der Waals surface area contributed by atoms with E-state index >= 15 is 0 Å². The maximum Gasteiger partial charge on any atom is 0.220 e. The first-order valence-electron chi connectivity index (χ1n) is 5.79. The van der Waals surface area contributed by atoms with Crippen LogP contribution in [0.25, 0.3) is 0 Å². The van der Waals surface area contributed by atoms with Crippen LogP contribution in [0.1, 0.15) is 53.4 Å². The van der Waals surface area contributed by atoms with Crippen LogP contribution in [0, 0.1) is 5.41 Å². The molecule has 3 heteroatoms. The van der Waals surface area contributed by atoms with Crippen LogP contribution in [0.3, 0.4) is 0 Å². The fourth-order valence-corrected chi connectivity index (χ4v) is 1.32. The highest BCUT2D eigenvalue weighted by Gasteiger charge is 2.14. The average Bonchev–Trinajstić information content (AvgIpc) is 2.13. The molecule has 0 fully saturated rings. The quantitative estimate of drug-likeness (QED) is 0.713. The third-order valence-electron chi connectivity index (χ3n) is 2.44. The predicted molar refractivity (Wildman–Crippen MR) is 62.6 cm³/mol. The molecular weight excluding hydrogens is 190 g/mol. The normalized spacial score (nSPS) is 13.7. The first-order valence-corrected chi connectivity index (χ1v) is 5.79. The largest absolute Gasteiger partial charge is 0.396 e. The van der Waals surface area contributed by atoms with Crippen molar-refractivity contribution < 1.29 is 9.90 Å². The van der Waals surface area contributed by atoms with E-state index in [1.165, 1.54) is 0 Å². The summed E-state index contributed by atoms with van der Waals surface area (Å²) in [6, 6.07) is 0.127. The van der Waals surface area contributed by atoms with Crippen LogP contribution in [0.4, 0.5) is 0 Å². The van der Waals surface area contributed by atoms with Gasteiger partial charge in [-0.3, -0.25) is 4.79 Å². The van der Waals surface area contributed by atoms with Crippen LogP contribution < -0.4 is 5.32 Å². The summed E-state index contributed by atoms with van der Waals surface area (Å²) >= 11 is 0. The monoisotopic (exact) mass is 215 g/mol. The summed E-state index contributed by atoms with van der Waals surface area (Å²) in [5.41, 5.74) is 0.204. The van der Waals surface area contributed by atoms with Gasteiger partial charge in [0.1, 0.15) is 0 Å². The lowest BCUT2D eigenvalue weighted by atomic mass is 9.90. The minimum atomic E-state index is 0.102. The van der Waals surface area contributed by atoms with Crippen molar-refractivity contribution in [2.75, 3.05) is 6.61 Å². The third kappa shape index (κ3) is 8.43. The molecule has 3 nitrogen and oxygen atoms in total. The SMILES string of the molecule is CCC(CCO)NC(=O)CCC(C)(C)C. The van der Waals surface area contributed by atoms with Crippen LogP contribution in [0.2, 0.25) is 0 Å². The Balaban J connectivity index is 3.81. The highest BCUT2D eigenvalue weighted by molar-refractivity contribution is 5.76. The minimum absolute atomic E-state index is 0.102. The smallest absolute Gasteiger partial charge is 0.220 e. The molecule has 0 saturated heterocycles. The Labute approximate surface area is 93.3 Å². The van der Waals surface area contributed by atoms with Gasteiger partial charge in [0.15, 0.2) is 0 Å². The van der Waals surface area contributed by atoms with E-state index in [4.69, 9.17) is 5.11 Å². The van der Waals surface area contributed by atoms with Gasteiger partial charge in [0.05, 0.1) is 0 Å². The molecule has 0 spiro atoms. The van der Waals surface area contributed by atoms with Crippen molar-refractivity contribution in [2.45, 2.75) is 59.4 Å². The molecular formula is C12H25NO2. The number of aliphatic hydroxyl groups is 1. The predicted octanol–water partition coefficient (Wildman–Crippen LogP) is 2.09. The Morgan fingerprint density at radius 3 is 2.40 bits per heavy atom. The molecule has 0 radical (unpaired) electrons. The fraction of sp³-hybridized carbons (Fsp3) is 0.917. The van der Waals surface area contributed by atoms with E-state index in [2.05, 4.69) is 26.1 Å². The van der Waals surface area contributed by atoms with Crippen LogP contribution in [0.5, 0.6) is 0 Å². The molecule has 2 N–H and O–H groups in total. The molecule has 0 aromatic heterocycles. The van der Waals surface area contributed by atoms with Gasteiger partial charge in [-0.15, -0.1) is 0 Å². The Morgan fingerprint density at radius 2 is 2.00 bits per heavy atom. The molecule has 0 bridgehead atoms. The minimum Gasteiger partial charge on any atom is -0.396 e. The highest BCUT2D eigenvalue weighted by Crippen LogP contribution is 2.20. The molecule has 0 rings (SSSR count). The molecule has 0 aliphatic carbocycles. The van der Waals surface area contributed by atoms with Gasteiger partial charge in [-0.1, -0.05) is 27.7 Å². The summed E-state index contributed by atoms with van der Waals surface area (Å²) in [4.78, 5) is 11.5. The van der Waals surface area contributed by atoms with Crippen molar-refractivity contribution in [3.8, 4) is 0 Å². The summed E-state index contributed by atoms with van der Waals surface area (Å²) in [5, 5.41) is 11.7. The summed E-state index contributed by atoms with van der Waals surface area (Å²) in [7, 11) is 0. The van der Waals surface area contributed by atoms with Gasteiger partial charge >= 0.3 is 0 Å². The molecule has 1 atom stereocenters. The molecule has 0 heterocycles. The van der Waals surface area contributed by atoms with Crippen molar-refractivity contribution in [3.05, 3.63) is 0 Å². The number of aliphatic hydroxyl groups excluding tert-OH is 1. The second kappa shape index (κ2) is 6.83. The second-order valence-electron chi connectivity index (χ2n) is 5.25. The van der Waals surface area contributed by atoms with E-state index in [-0.39, 0.29) is 24.0 Å². The second-order valence-corrected chi connectivity index (χ2v) is 5.25. The van der Waals surface area contributed by atoms with Gasteiger partial charge in [0.2, 0.25) is 5.91 Å². The molecule has 0 aliphatic heterocycles. The maximum atomic E-state index is 11.5. The summed E-state index contributed by atoms with van der Waals surface area (Å²) < 4.78 is 0. The fourth-order valence-electron chi connectivity index (χ4n) is 1.32. The Kier molecular flexibility index (Phi) is 6.57. The van der Waals surface area contributed by atoms with Crippen LogP contribution in [0.15, 0.2) is 0 Å². The molecule has 90 valence electrons. The van der Waals surface area contributed by atoms with E-state index in [0.717, 1.165) is 12.8 Å². The van der Waals surface area contributed by atoms with E-state index in [9.17, 15) is 4.79 Å². The molecule has 1 unspecified atom stereocenters. The zero-order valence-corrected chi connectivity index (χ0v) is 10.5. The number of carbonyl (C=O) groups is 1. The van der Waals surface area contributed by atoms with Gasteiger partial charge in [-0.25, -0.2) is 0 Å². The van der Waals surface area contributed by atoms with E-state index < -0.39 is 0 Å². The van der Waals surface area contributed by atoms with Gasteiger partial charge in [0.25, 0.3) is 0 Å². The molecule has 0 aromatic rings. The van der Waals surface area contributed by atoms with E-state index in [1.807, 2.05) is 6.92 Å². The van der Waals surface area contributed by atoms with Gasteiger partial charge in [-0.2, -0.15) is 0 Å². The number of rotatable bonds is 6. The van der Waals surface area contributed by atoms with Crippen molar-refractivity contribution in [2.24, 2.45) is 5.41 Å². The zero-order chi connectivity index (χ0) is 11.9. The lowest BCUT2D eigenvalue weighted by Crippen LogP contribution is -2.35. The van der Waals surface area contributed by atoms with E-state index in [0.29, 0.717) is 12.8 Å². The molecule has 0 aliphatic rings. The van der Waals surface area contributed by atoms with Crippen molar-refractivity contribution >= 4 is 5.91 Å². The highest BCUT2D eigenvalue weighted by atomic mass is 16.3. The summed E-state index contributed by atoms with van der Waals surface area (Å²) in [6.45, 7) is 8.55. The van der Waals surface area contributed by atoms with Crippen molar-refractivity contribution in [1.29, 1.82) is 0 Å². The lowest BCUT2D eigenvalue weighted by molar-refractivity contribution is -0.122. The summed E-state index contributed by atoms with van der Waals surface area (Å²) in [6.07, 6.45) is 3.00. The van der Waals surface area contributed by atoms with Crippen LogP contribution in [-0.2, 0) is 4.79 Å². The Morgan fingerprint density at radius 1 is 1.40 bits per heavy atom. The molecule has 1 amide bonds. The first kappa shape index (κ1) is 14.4. The van der Waals surface area contributed by atoms with Gasteiger partial charge in [0, 0.05) is 19.1 Å². The van der Waals surface area contributed by atoms with Gasteiger partial charge in [-0.05, 0) is 24.7 Å². The van der Waals surface area contributed by atoms with Crippen molar-refractivity contribution in [1.82, 2.24) is 5.32 Å². The number of nitrogens with one attached hydrogen (secondary N) is 1. The van der Waals surface area contributed by atoms with Crippen molar-refractivity contribution in [3.63, 3.8) is 0 Å². The topological polar surface area (TPSA) is 49.3 Å². The lowest BCUT2D eigenvalue weighted by Gasteiger charge is -2.20.